The summed E-state index contributed by atoms with van der Waals surface area (Å²) in [6.07, 6.45) is 2.15. The van der Waals surface area contributed by atoms with Crippen molar-refractivity contribution in [3.8, 4) is 11.5 Å². The van der Waals surface area contributed by atoms with Crippen molar-refractivity contribution in [3.63, 3.8) is 0 Å². The molecule has 8 heteroatoms. The third kappa shape index (κ3) is 3.43. The van der Waals surface area contributed by atoms with Gasteiger partial charge in [-0.25, -0.2) is 0 Å². The second-order valence-electron chi connectivity index (χ2n) is 6.24. The van der Waals surface area contributed by atoms with Gasteiger partial charge in [0.25, 0.3) is 0 Å². The van der Waals surface area contributed by atoms with Crippen molar-refractivity contribution in [2.24, 2.45) is 0 Å². The summed E-state index contributed by atoms with van der Waals surface area (Å²) in [6.45, 7) is 1.42. The Kier molecular flexibility index (Phi) is 5.09. The van der Waals surface area contributed by atoms with E-state index in [9.17, 15) is 34.5 Å². The highest BCUT2D eigenvalue weighted by Crippen LogP contribution is 2.32. The minimum atomic E-state index is -0.529. The van der Waals surface area contributed by atoms with Gasteiger partial charge in [-0.05, 0) is 49.4 Å². The van der Waals surface area contributed by atoms with E-state index in [1.807, 2.05) is 0 Å². The van der Waals surface area contributed by atoms with E-state index in [2.05, 4.69) is 0 Å². The molecule has 29 heavy (non-hydrogen) atoms. The number of benzene rings is 2. The summed E-state index contributed by atoms with van der Waals surface area (Å²) in [4.78, 5) is 45.9. The summed E-state index contributed by atoms with van der Waals surface area (Å²) in [5, 5.41) is 28.5. The van der Waals surface area contributed by atoms with Crippen LogP contribution in [0.15, 0.2) is 53.8 Å². The van der Waals surface area contributed by atoms with Crippen LogP contribution in [0.5, 0.6) is 11.5 Å². The molecule has 3 N–H and O–H groups in total. The maximum Gasteiger partial charge on any atom is 0.228 e. The van der Waals surface area contributed by atoms with E-state index >= 15 is 0 Å². The first kappa shape index (κ1) is 20.0. The number of halogens is 1. The van der Waals surface area contributed by atoms with E-state index in [1.54, 1.807) is 0 Å². The molecule has 0 fully saturated rings. The van der Waals surface area contributed by atoms with E-state index in [-0.39, 0.29) is 45.1 Å². The van der Waals surface area contributed by atoms with Crippen molar-refractivity contribution >= 4 is 34.7 Å². The van der Waals surface area contributed by atoms with Crippen molar-refractivity contribution in [2.75, 3.05) is 0 Å². The molecule has 2 aliphatic carbocycles. The lowest BCUT2D eigenvalue weighted by molar-refractivity contribution is 0.0929. The minimum Gasteiger partial charge on any atom is -0.507 e. The predicted octanol–water partition coefficient (Wildman–Crippen LogP) is 3.58. The van der Waals surface area contributed by atoms with Crippen molar-refractivity contribution in [1.82, 2.24) is 0 Å². The normalized spacial score (nSPS) is 15.0. The fourth-order valence-corrected chi connectivity index (χ4v) is 3.08. The Labute approximate surface area is 169 Å². The van der Waals surface area contributed by atoms with E-state index in [1.165, 1.54) is 37.3 Å². The number of aromatic hydroxyl groups is 2. The number of aliphatic hydroxyl groups excluding tert-OH is 1. The van der Waals surface area contributed by atoms with Crippen LogP contribution in [-0.2, 0) is 0 Å². The molecule has 0 aliphatic heterocycles. The van der Waals surface area contributed by atoms with Crippen LogP contribution in [0.1, 0.15) is 48.4 Å². The molecule has 0 heterocycles. The number of aliphatic hydroxyl groups is 1. The maximum absolute atomic E-state index is 11.7. The summed E-state index contributed by atoms with van der Waals surface area (Å²) < 4.78 is 0. The fourth-order valence-electron chi connectivity index (χ4n) is 2.91. The quantitative estimate of drug-likeness (QED) is 0.564. The second kappa shape index (κ2) is 7.37. The van der Waals surface area contributed by atoms with Crippen LogP contribution in [0.4, 0.5) is 0 Å². The molecule has 0 bridgehead atoms. The fraction of sp³-hybridized carbons (Fsp3) is 0.0476. The van der Waals surface area contributed by atoms with Crippen LogP contribution in [0.3, 0.4) is 0 Å². The number of allylic oxidation sites excluding steroid dienone is 4. The van der Waals surface area contributed by atoms with Gasteiger partial charge in [0.2, 0.25) is 5.78 Å². The number of phenolic OH excluding ortho intramolecular Hbond substituents is 2. The maximum atomic E-state index is 11.7. The molecule has 0 spiro atoms. The lowest BCUT2D eigenvalue weighted by atomic mass is 9.89. The molecule has 146 valence electrons. The number of fused-ring (bicyclic) bond motifs is 2. The van der Waals surface area contributed by atoms with Gasteiger partial charge in [0.15, 0.2) is 23.1 Å². The minimum absolute atomic E-state index is 0.0646. The van der Waals surface area contributed by atoms with Crippen LogP contribution >= 0.6 is 11.6 Å². The number of phenols is 2. The Morgan fingerprint density at radius 2 is 1.24 bits per heavy atom. The number of hydrogen-bond donors (Lipinski definition) is 3. The number of ketones is 4. The van der Waals surface area contributed by atoms with Crippen LogP contribution < -0.4 is 0 Å². The molecule has 0 radical (unpaired) electrons. The first-order valence-corrected chi connectivity index (χ1v) is 8.61. The van der Waals surface area contributed by atoms with Gasteiger partial charge in [0.1, 0.15) is 11.5 Å². The van der Waals surface area contributed by atoms with Gasteiger partial charge in [0, 0.05) is 21.7 Å². The van der Waals surface area contributed by atoms with E-state index in [4.69, 9.17) is 11.6 Å². The first-order chi connectivity index (χ1) is 13.6. The monoisotopic (exact) mass is 412 g/mol. The van der Waals surface area contributed by atoms with E-state index < -0.39 is 23.1 Å². The lowest BCUT2D eigenvalue weighted by Gasteiger charge is -2.14. The Hall–Kier alpha value is -3.71. The Morgan fingerprint density at radius 1 is 0.724 bits per heavy atom. The number of carbonyl (C=O) groups is 4. The van der Waals surface area contributed by atoms with Crippen molar-refractivity contribution in [2.45, 2.75) is 6.92 Å². The molecule has 2 aromatic rings. The average molecular weight is 413 g/mol. The lowest BCUT2D eigenvalue weighted by Crippen LogP contribution is -2.20. The largest absolute Gasteiger partial charge is 0.507 e. The van der Waals surface area contributed by atoms with E-state index in [0.29, 0.717) is 5.02 Å². The zero-order valence-corrected chi connectivity index (χ0v) is 15.6. The van der Waals surface area contributed by atoms with Gasteiger partial charge in [-0.3, -0.25) is 19.2 Å². The van der Waals surface area contributed by atoms with Crippen LogP contribution in [0.2, 0.25) is 5.02 Å². The van der Waals surface area contributed by atoms with Gasteiger partial charge in [-0.2, -0.15) is 0 Å². The van der Waals surface area contributed by atoms with Gasteiger partial charge in [0.05, 0.1) is 11.1 Å². The molecule has 4 rings (SSSR count). The molecule has 0 saturated heterocycles. The zero-order valence-electron chi connectivity index (χ0n) is 14.9. The molecular weight excluding hydrogens is 400 g/mol. The summed E-state index contributed by atoms with van der Waals surface area (Å²) in [5.41, 5.74) is 0.264. The summed E-state index contributed by atoms with van der Waals surface area (Å²) in [7, 11) is 0. The average Bonchev–Trinajstić information content (AvgIpc) is 2.70. The van der Waals surface area contributed by atoms with E-state index in [0.717, 1.165) is 12.2 Å². The Morgan fingerprint density at radius 3 is 1.76 bits per heavy atom. The number of hydrogen-bond acceptors (Lipinski definition) is 7. The molecule has 7 nitrogen and oxygen atoms in total. The highest BCUT2D eigenvalue weighted by Gasteiger charge is 2.29. The first-order valence-electron chi connectivity index (χ1n) is 8.24. The molecule has 0 atom stereocenters. The Balaban J connectivity index is 0.000000166. The second-order valence-corrected chi connectivity index (χ2v) is 6.67. The third-order valence-corrected chi connectivity index (χ3v) is 4.66. The van der Waals surface area contributed by atoms with Gasteiger partial charge in [-0.15, -0.1) is 0 Å². The molecule has 0 unspecified atom stereocenters. The molecular formula is C21H13ClO7. The Bertz CT molecular complexity index is 1130. The molecule has 0 saturated carbocycles. The third-order valence-electron chi connectivity index (χ3n) is 4.42. The van der Waals surface area contributed by atoms with Gasteiger partial charge >= 0.3 is 0 Å². The number of rotatable bonds is 0. The molecule has 2 aliphatic rings. The number of carbonyl (C=O) groups excluding carboxylic acids is 4. The summed E-state index contributed by atoms with van der Waals surface area (Å²) in [5.74, 6) is -2.90. The highest BCUT2D eigenvalue weighted by molar-refractivity contribution is 6.32. The standard InChI is InChI=1S/C11H7ClO3.C10H6O4/c1-5-9(13)8-4-6(12)2-3-7(8)11(15)10(5)14;11-5-1-2-6(12)10-8(14)4-3-7(13)9(5)10/h2-4,14H,1H3;1-4,11-12H. The highest BCUT2D eigenvalue weighted by atomic mass is 35.5. The topological polar surface area (TPSA) is 129 Å². The zero-order chi connectivity index (χ0) is 21.5. The van der Waals surface area contributed by atoms with Crippen molar-refractivity contribution in [3.05, 3.63) is 81.1 Å². The van der Waals surface area contributed by atoms with Crippen LogP contribution in [0, 0.1) is 0 Å². The van der Waals surface area contributed by atoms with Crippen molar-refractivity contribution in [1.29, 1.82) is 0 Å². The summed E-state index contributed by atoms with van der Waals surface area (Å²) >= 11 is 5.73. The summed E-state index contributed by atoms with van der Waals surface area (Å²) in [6, 6.07) is 6.75. The van der Waals surface area contributed by atoms with Crippen LogP contribution in [-0.4, -0.2) is 38.5 Å². The van der Waals surface area contributed by atoms with Gasteiger partial charge < -0.3 is 15.3 Å². The molecule has 0 amide bonds. The predicted molar refractivity (Wildman–Crippen MR) is 103 cm³/mol. The van der Waals surface area contributed by atoms with Crippen LogP contribution in [0.25, 0.3) is 0 Å². The molecule has 0 aromatic heterocycles. The van der Waals surface area contributed by atoms with Crippen molar-refractivity contribution < 1.29 is 34.5 Å². The smallest absolute Gasteiger partial charge is 0.228 e. The molecule has 2 aromatic carbocycles. The van der Waals surface area contributed by atoms with Gasteiger partial charge in [-0.1, -0.05) is 11.6 Å². The number of Topliss-reactive ketones (excluding diaryl/α,β-unsaturated/α-hetero) is 2. The SMILES string of the molecule is CC1=C(O)C(=O)c2ccc(Cl)cc2C1=O.O=C1C=CC(=O)c2c(O)ccc(O)c21.